The minimum atomic E-state index is -3.45. The van der Waals surface area contributed by atoms with Crippen molar-refractivity contribution in [3.05, 3.63) is 24.3 Å². The largest absolute Gasteiger partial charge is 0.493 e. The molecular weight excluding hydrogens is 312 g/mol. The molecule has 2 rings (SSSR count). The number of hydrogen-bond donors (Lipinski definition) is 1. The number of hydrogen-bond acceptors (Lipinski definition) is 4. The summed E-state index contributed by atoms with van der Waals surface area (Å²) in [5.41, 5.74) is 5.78. The molecule has 1 aliphatic rings. The molecule has 0 aromatic heterocycles. The van der Waals surface area contributed by atoms with Crippen molar-refractivity contribution in [3.63, 3.8) is 0 Å². The molecule has 0 bridgehead atoms. The zero-order valence-corrected chi connectivity index (χ0v) is 15.1. The second-order valence-electron chi connectivity index (χ2n) is 6.80. The van der Waals surface area contributed by atoms with Gasteiger partial charge in [0.2, 0.25) is 10.0 Å². The Morgan fingerprint density at radius 2 is 1.96 bits per heavy atom. The van der Waals surface area contributed by atoms with Gasteiger partial charge in [-0.25, -0.2) is 8.42 Å². The van der Waals surface area contributed by atoms with Crippen molar-refractivity contribution < 1.29 is 13.2 Å². The molecule has 0 amide bonds. The molecule has 6 heteroatoms. The van der Waals surface area contributed by atoms with Gasteiger partial charge >= 0.3 is 0 Å². The highest BCUT2D eigenvalue weighted by molar-refractivity contribution is 7.89. The SMILES string of the molecule is CC(C)COc1ccc(S(=O)(=O)N2CCC(C)C(CN)C2)cc1. The van der Waals surface area contributed by atoms with Crippen LogP contribution >= 0.6 is 0 Å². The summed E-state index contributed by atoms with van der Waals surface area (Å²) in [6.45, 7) is 8.50. The summed E-state index contributed by atoms with van der Waals surface area (Å²) >= 11 is 0. The van der Waals surface area contributed by atoms with Crippen molar-refractivity contribution in [1.29, 1.82) is 0 Å². The summed E-state index contributed by atoms with van der Waals surface area (Å²) in [6, 6.07) is 6.70. The third kappa shape index (κ3) is 4.46. The molecule has 2 unspecified atom stereocenters. The van der Waals surface area contributed by atoms with E-state index in [1.807, 2.05) is 0 Å². The molecule has 0 saturated carbocycles. The van der Waals surface area contributed by atoms with Crippen LogP contribution in [0.25, 0.3) is 0 Å². The third-order valence-corrected chi connectivity index (χ3v) is 6.30. The highest BCUT2D eigenvalue weighted by atomic mass is 32.2. The second-order valence-corrected chi connectivity index (χ2v) is 8.74. The minimum absolute atomic E-state index is 0.229. The predicted molar refractivity (Wildman–Crippen MR) is 91.9 cm³/mol. The number of nitrogens with two attached hydrogens (primary N) is 1. The normalized spacial score (nSPS) is 23.2. The molecule has 5 nitrogen and oxygen atoms in total. The molecule has 1 aromatic rings. The standard InChI is InChI=1S/C17H28N2O3S/c1-13(2)12-22-16-4-6-17(7-5-16)23(20,21)19-9-8-14(3)15(10-18)11-19/h4-7,13-15H,8-12,18H2,1-3H3. The van der Waals surface area contributed by atoms with Crippen molar-refractivity contribution in [2.45, 2.75) is 32.1 Å². The van der Waals surface area contributed by atoms with E-state index < -0.39 is 10.0 Å². The number of benzene rings is 1. The molecule has 23 heavy (non-hydrogen) atoms. The number of rotatable bonds is 6. The Labute approximate surface area is 139 Å². The highest BCUT2D eigenvalue weighted by Gasteiger charge is 2.33. The minimum Gasteiger partial charge on any atom is -0.493 e. The quantitative estimate of drug-likeness (QED) is 0.862. The first kappa shape index (κ1) is 18.2. The van der Waals surface area contributed by atoms with E-state index in [0.717, 1.165) is 6.42 Å². The summed E-state index contributed by atoms with van der Waals surface area (Å²) in [6.07, 6.45) is 0.858. The molecule has 2 atom stereocenters. The maximum absolute atomic E-state index is 12.8. The number of sulfonamides is 1. The van der Waals surface area contributed by atoms with Gasteiger partial charge in [-0.3, -0.25) is 0 Å². The average Bonchev–Trinajstić information content (AvgIpc) is 2.53. The van der Waals surface area contributed by atoms with Gasteiger partial charge in [0.1, 0.15) is 5.75 Å². The summed E-state index contributed by atoms with van der Waals surface area (Å²) in [7, 11) is -3.45. The maximum Gasteiger partial charge on any atom is 0.243 e. The Hall–Kier alpha value is -1.11. The summed E-state index contributed by atoms with van der Waals surface area (Å²) in [5.74, 6) is 1.83. The smallest absolute Gasteiger partial charge is 0.243 e. The van der Waals surface area contributed by atoms with Crippen LogP contribution in [0.1, 0.15) is 27.2 Å². The van der Waals surface area contributed by atoms with Gasteiger partial charge in [0.05, 0.1) is 11.5 Å². The van der Waals surface area contributed by atoms with Crippen LogP contribution in [0, 0.1) is 17.8 Å². The molecule has 1 aromatic carbocycles. The average molecular weight is 340 g/mol. The molecule has 0 spiro atoms. The van der Waals surface area contributed by atoms with Gasteiger partial charge in [-0.05, 0) is 55.0 Å². The fourth-order valence-corrected chi connectivity index (χ4v) is 4.27. The number of piperidine rings is 1. The lowest BCUT2D eigenvalue weighted by Crippen LogP contribution is -2.45. The molecule has 0 aliphatic carbocycles. The van der Waals surface area contributed by atoms with E-state index in [2.05, 4.69) is 20.8 Å². The first-order chi connectivity index (χ1) is 10.8. The molecular formula is C17H28N2O3S. The lowest BCUT2D eigenvalue weighted by molar-refractivity contribution is 0.203. The molecule has 1 aliphatic heterocycles. The Morgan fingerprint density at radius 1 is 1.30 bits per heavy atom. The van der Waals surface area contributed by atoms with Crippen molar-refractivity contribution in [2.75, 3.05) is 26.2 Å². The molecule has 0 radical (unpaired) electrons. The van der Waals surface area contributed by atoms with Gasteiger partial charge in [-0.15, -0.1) is 0 Å². The van der Waals surface area contributed by atoms with Crippen LogP contribution < -0.4 is 10.5 Å². The maximum atomic E-state index is 12.8. The zero-order valence-electron chi connectivity index (χ0n) is 14.2. The summed E-state index contributed by atoms with van der Waals surface area (Å²) in [5, 5.41) is 0. The fraction of sp³-hybridized carbons (Fsp3) is 0.647. The molecule has 1 saturated heterocycles. The van der Waals surface area contributed by atoms with Crippen molar-refractivity contribution in [3.8, 4) is 5.75 Å². The Morgan fingerprint density at radius 3 is 2.52 bits per heavy atom. The summed E-state index contributed by atoms with van der Waals surface area (Å²) in [4.78, 5) is 0.319. The Bertz CT molecular complexity index is 599. The van der Waals surface area contributed by atoms with Crippen LogP contribution in [0.4, 0.5) is 0 Å². The lowest BCUT2D eigenvalue weighted by atomic mass is 9.88. The van der Waals surface area contributed by atoms with Crippen LogP contribution in [0.15, 0.2) is 29.2 Å². The van der Waals surface area contributed by atoms with E-state index in [1.54, 1.807) is 28.6 Å². The van der Waals surface area contributed by atoms with Crippen LogP contribution in [-0.2, 0) is 10.0 Å². The molecule has 1 fully saturated rings. The van der Waals surface area contributed by atoms with E-state index >= 15 is 0 Å². The van der Waals surface area contributed by atoms with Crippen molar-refractivity contribution in [1.82, 2.24) is 4.31 Å². The number of nitrogens with zero attached hydrogens (tertiary/aromatic N) is 1. The van der Waals surface area contributed by atoms with Gasteiger partial charge in [-0.1, -0.05) is 20.8 Å². The van der Waals surface area contributed by atoms with Crippen LogP contribution in [-0.4, -0.2) is 39.0 Å². The third-order valence-electron chi connectivity index (χ3n) is 4.42. The van der Waals surface area contributed by atoms with E-state index in [4.69, 9.17) is 10.5 Å². The van der Waals surface area contributed by atoms with Gasteiger partial charge in [0, 0.05) is 13.1 Å². The lowest BCUT2D eigenvalue weighted by Gasteiger charge is -2.35. The summed E-state index contributed by atoms with van der Waals surface area (Å²) < 4.78 is 32.7. The van der Waals surface area contributed by atoms with E-state index in [-0.39, 0.29) is 5.92 Å². The second kappa shape index (κ2) is 7.64. The molecule has 2 N–H and O–H groups in total. The zero-order chi connectivity index (χ0) is 17.0. The van der Waals surface area contributed by atoms with Gasteiger partial charge in [0.25, 0.3) is 0 Å². The van der Waals surface area contributed by atoms with Crippen molar-refractivity contribution >= 4 is 10.0 Å². The van der Waals surface area contributed by atoms with E-state index in [0.29, 0.717) is 48.7 Å². The van der Waals surface area contributed by atoms with Gasteiger partial charge < -0.3 is 10.5 Å². The van der Waals surface area contributed by atoms with Gasteiger partial charge in [0.15, 0.2) is 0 Å². The number of ether oxygens (including phenoxy) is 1. The Kier molecular flexibility index (Phi) is 6.06. The van der Waals surface area contributed by atoms with Crippen LogP contribution in [0.5, 0.6) is 5.75 Å². The van der Waals surface area contributed by atoms with E-state index in [9.17, 15) is 8.42 Å². The van der Waals surface area contributed by atoms with Crippen LogP contribution in [0.3, 0.4) is 0 Å². The molecule has 1 heterocycles. The monoisotopic (exact) mass is 340 g/mol. The first-order valence-electron chi connectivity index (χ1n) is 8.27. The predicted octanol–water partition coefficient (Wildman–Crippen LogP) is 2.33. The van der Waals surface area contributed by atoms with Gasteiger partial charge in [-0.2, -0.15) is 4.31 Å². The fourth-order valence-electron chi connectivity index (χ4n) is 2.76. The molecule has 130 valence electrons. The first-order valence-corrected chi connectivity index (χ1v) is 9.71. The topological polar surface area (TPSA) is 72.6 Å². The Balaban J connectivity index is 2.10. The van der Waals surface area contributed by atoms with E-state index in [1.165, 1.54) is 0 Å². The van der Waals surface area contributed by atoms with Crippen LogP contribution in [0.2, 0.25) is 0 Å². The van der Waals surface area contributed by atoms with Crippen molar-refractivity contribution in [2.24, 2.45) is 23.5 Å². The highest BCUT2D eigenvalue weighted by Crippen LogP contribution is 2.28.